The Bertz CT molecular complexity index is 1450. The molecular weight excluding hydrogens is 748 g/mol. The van der Waals surface area contributed by atoms with Crippen LogP contribution < -0.4 is 0 Å². The summed E-state index contributed by atoms with van der Waals surface area (Å²) in [6.45, 7) is 7.76. The highest BCUT2D eigenvalue weighted by Gasteiger charge is 2.45. The van der Waals surface area contributed by atoms with Crippen LogP contribution in [0.25, 0.3) is 0 Å². The molecule has 0 aliphatic carbocycles. The fraction of sp³-hybridized carbons (Fsp3) is 0.444. The molecule has 2 heterocycles. The van der Waals surface area contributed by atoms with Crippen LogP contribution in [0.4, 0.5) is 0 Å². The van der Waals surface area contributed by atoms with Crippen LogP contribution in [0.2, 0.25) is 0 Å². The van der Waals surface area contributed by atoms with Crippen molar-refractivity contribution >= 4 is 55.6 Å². The number of esters is 2. The SMILES string of the molecule is COC(=O)[C@@H]1CN(C)C(=O)/C(=C(\O)C(C)C)[C@@H]1c1ccc(Br)cc1.COC(=O)[C@@H]1CN(C)C(=O)/C(=C(\O)C(C)C)[C@@H]1c1ccc(Br)cc1. The number of methoxy groups -OCH3 is 2. The number of aliphatic hydroxyl groups excluding tert-OH is 2. The molecule has 0 saturated carbocycles. The maximum absolute atomic E-state index is 12.7. The molecule has 0 bridgehead atoms. The zero-order valence-corrected chi connectivity index (χ0v) is 31.7. The first-order valence-electron chi connectivity index (χ1n) is 15.6. The van der Waals surface area contributed by atoms with E-state index < -0.39 is 35.6 Å². The standard InChI is InChI=1S/2C18H22BrNO4/c2*1-10(2)16(21)15-14(11-5-7-12(19)8-6-11)13(18(23)24-4)9-20(3)17(15)22/h2*5-8,10,13-14,21H,9H2,1-4H3/b2*16-15-/t2*13-,14-/m11/s1. The van der Waals surface area contributed by atoms with Gasteiger partial charge < -0.3 is 29.5 Å². The monoisotopic (exact) mass is 790 g/mol. The first-order valence-corrected chi connectivity index (χ1v) is 17.2. The number of hydrogen-bond acceptors (Lipinski definition) is 8. The number of allylic oxidation sites excluding steroid dienone is 2. The molecule has 0 spiro atoms. The van der Waals surface area contributed by atoms with Crippen molar-refractivity contribution in [2.75, 3.05) is 41.4 Å². The summed E-state index contributed by atoms with van der Waals surface area (Å²) < 4.78 is 11.7. The highest BCUT2D eigenvalue weighted by Crippen LogP contribution is 2.42. The molecule has 4 rings (SSSR count). The molecule has 2 amide bonds. The molecule has 0 unspecified atom stereocenters. The molecule has 2 aromatic carbocycles. The largest absolute Gasteiger partial charge is 0.512 e. The van der Waals surface area contributed by atoms with Gasteiger partial charge in [-0.1, -0.05) is 83.8 Å². The van der Waals surface area contributed by atoms with E-state index >= 15 is 0 Å². The van der Waals surface area contributed by atoms with Gasteiger partial charge in [-0.15, -0.1) is 0 Å². The summed E-state index contributed by atoms with van der Waals surface area (Å²) in [7, 11) is 5.93. The number of piperidine rings is 2. The number of halogens is 2. The molecule has 12 heteroatoms. The molecule has 0 aromatic heterocycles. The molecule has 4 atom stereocenters. The van der Waals surface area contributed by atoms with Crippen molar-refractivity contribution in [2.24, 2.45) is 23.7 Å². The van der Waals surface area contributed by atoms with Gasteiger partial charge in [-0.05, 0) is 35.4 Å². The van der Waals surface area contributed by atoms with E-state index in [1.54, 1.807) is 14.1 Å². The average Bonchev–Trinajstić information content (AvgIpc) is 3.06. The second-order valence-corrected chi connectivity index (χ2v) is 14.4. The summed E-state index contributed by atoms with van der Waals surface area (Å²) >= 11 is 6.78. The second-order valence-electron chi connectivity index (χ2n) is 12.6. The van der Waals surface area contributed by atoms with Gasteiger partial charge in [-0.25, -0.2) is 0 Å². The zero-order valence-electron chi connectivity index (χ0n) is 28.5. The van der Waals surface area contributed by atoms with Gasteiger partial charge in [0.1, 0.15) is 11.5 Å². The Labute approximate surface area is 299 Å². The maximum atomic E-state index is 12.7. The van der Waals surface area contributed by atoms with E-state index in [1.165, 1.54) is 24.0 Å². The predicted molar refractivity (Wildman–Crippen MR) is 189 cm³/mol. The third kappa shape index (κ3) is 8.49. The number of likely N-dealkylation sites (N-methyl/N-ethyl adjacent to an activating group) is 2. The highest BCUT2D eigenvalue weighted by atomic mass is 79.9. The Balaban J connectivity index is 0.000000260. The summed E-state index contributed by atoms with van der Waals surface area (Å²) in [4.78, 5) is 53.0. The van der Waals surface area contributed by atoms with Crippen LogP contribution in [-0.2, 0) is 28.7 Å². The maximum Gasteiger partial charge on any atom is 0.311 e. The molecule has 48 heavy (non-hydrogen) atoms. The highest BCUT2D eigenvalue weighted by molar-refractivity contribution is 9.10. The molecular formula is C36H44Br2N2O8. The van der Waals surface area contributed by atoms with E-state index in [-0.39, 0.29) is 59.4 Å². The molecule has 0 radical (unpaired) electrons. The third-order valence-electron chi connectivity index (χ3n) is 8.63. The Morgan fingerprint density at radius 3 is 1.21 bits per heavy atom. The van der Waals surface area contributed by atoms with Gasteiger partial charge in [-0.2, -0.15) is 0 Å². The molecule has 10 nitrogen and oxygen atoms in total. The summed E-state index contributed by atoms with van der Waals surface area (Å²) in [5.74, 6) is -3.87. The number of carbonyl (C=O) groups excluding carboxylic acids is 4. The summed E-state index contributed by atoms with van der Waals surface area (Å²) in [6.07, 6.45) is 0. The normalized spacial score (nSPS) is 23.4. The van der Waals surface area contributed by atoms with E-state index in [1.807, 2.05) is 76.2 Å². The average molecular weight is 793 g/mol. The fourth-order valence-electron chi connectivity index (χ4n) is 6.07. The first-order chi connectivity index (χ1) is 22.5. The number of benzene rings is 2. The lowest BCUT2D eigenvalue weighted by Gasteiger charge is -2.37. The number of rotatable bonds is 6. The van der Waals surface area contributed by atoms with E-state index in [0.717, 1.165) is 20.1 Å². The number of amides is 2. The van der Waals surface area contributed by atoms with Gasteiger partial charge in [0.25, 0.3) is 11.8 Å². The van der Waals surface area contributed by atoms with Crippen molar-refractivity contribution in [3.63, 3.8) is 0 Å². The van der Waals surface area contributed by atoms with Crippen LogP contribution >= 0.6 is 31.9 Å². The lowest BCUT2D eigenvalue weighted by atomic mass is 9.75. The zero-order chi connectivity index (χ0) is 36.0. The van der Waals surface area contributed by atoms with Crippen molar-refractivity contribution in [1.29, 1.82) is 0 Å². The quantitative estimate of drug-likeness (QED) is 0.192. The van der Waals surface area contributed by atoms with Crippen molar-refractivity contribution < 1.29 is 38.9 Å². The first kappa shape index (κ1) is 38.8. The van der Waals surface area contributed by atoms with Gasteiger partial charge in [0.15, 0.2) is 0 Å². The van der Waals surface area contributed by atoms with Crippen molar-refractivity contribution in [3.05, 3.63) is 91.3 Å². The Hall–Kier alpha value is -3.64. The van der Waals surface area contributed by atoms with Crippen LogP contribution in [-0.4, -0.2) is 85.2 Å². The topological polar surface area (TPSA) is 134 Å². The van der Waals surface area contributed by atoms with Crippen LogP contribution in [0, 0.1) is 23.7 Å². The van der Waals surface area contributed by atoms with Gasteiger partial charge >= 0.3 is 11.9 Å². The van der Waals surface area contributed by atoms with Gasteiger partial charge in [-0.3, -0.25) is 19.2 Å². The molecule has 2 saturated heterocycles. The summed E-state index contributed by atoms with van der Waals surface area (Å²) in [5, 5.41) is 21.1. The molecule has 2 aliphatic heterocycles. The molecule has 2 fully saturated rings. The lowest BCUT2D eigenvalue weighted by molar-refractivity contribution is -0.150. The Kier molecular flexibility index (Phi) is 13.5. The fourth-order valence-corrected chi connectivity index (χ4v) is 6.60. The molecule has 2 aromatic rings. The number of carbonyl (C=O) groups is 4. The van der Waals surface area contributed by atoms with Gasteiger partial charge in [0.2, 0.25) is 0 Å². The summed E-state index contributed by atoms with van der Waals surface area (Å²) in [5.41, 5.74) is 2.16. The smallest absolute Gasteiger partial charge is 0.311 e. The number of ether oxygens (including phenoxy) is 2. The Morgan fingerprint density at radius 1 is 0.667 bits per heavy atom. The Morgan fingerprint density at radius 2 is 0.958 bits per heavy atom. The van der Waals surface area contributed by atoms with Crippen LogP contribution in [0.15, 0.2) is 80.1 Å². The van der Waals surface area contributed by atoms with E-state index in [2.05, 4.69) is 31.9 Å². The van der Waals surface area contributed by atoms with Crippen molar-refractivity contribution in [1.82, 2.24) is 9.80 Å². The number of hydrogen-bond donors (Lipinski definition) is 2. The van der Waals surface area contributed by atoms with E-state index in [0.29, 0.717) is 0 Å². The van der Waals surface area contributed by atoms with E-state index in [9.17, 15) is 29.4 Å². The minimum atomic E-state index is -0.560. The van der Waals surface area contributed by atoms with Crippen LogP contribution in [0.3, 0.4) is 0 Å². The predicted octanol–water partition coefficient (Wildman–Crippen LogP) is 6.52. The molecule has 2 N–H and O–H groups in total. The van der Waals surface area contributed by atoms with Crippen molar-refractivity contribution in [3.8, 4) is 0 Å². The second kappa shape index (κ2) is 16.6. The van der Waals surface area contributed by atoms with E-state index in [4.69, 9.17) is 9.47 Å². The summed E-state index contributed by atoms with van der Waals surface area (Å²) in [6, 6.07) is 14.9. The lowest BCUT2D eigenvalue weighted by Crippen LogP contribution is -2.47. The van der Waals surface area contributed by atoms with Gasteiger partial charge in [0.05, 0.1) is 37.2 Å². The minimum Gasteiger partial charge on any atom is -0.512 e. The van der Waals surface area contributed by atoms with Crippen LogP contribution in [0.1, 0.15) is 50.7 Å². The third-order valence-corrected chi connectivity index (χ3v) is 9.69. The number of likely N-dealkylation sites (tertiary alicyclic amines) is 2. The number of nitrogens with zero attached hydrogens (tertiary/aromatic N) is 2. The van der Waals surface area contributed by atoms with Crippen molar-refractivity contribution in [2.45, 2.75) is 39.5 Å². The van der Waals surface area contributed by atoms with Gasteiger partial charge in [0, 0.05) is 59.8 Å². The molecule has 2 aliphatic rings. The molecule has 260 valence electrons. The number of aliphatic hydroxyl groups is 2. The van der Waals surface area contributed by atoms with Crippen LogP contribution in [0.5, 0.6) is 0 Å². The minimum absolute atomic E-state index is 0.0216.